The first-order chi connectivity index (χ1) is 8.69. The van der Waals surface area contributed by atoms with E-state index in [-0.39, 0.29) is 0 Å². The Labute approximate surface area is 105 Å². The van der Waals surface area contributed by atoms with Crippen molar-refractivity contribution in [3.8, 4) is 0 Å². The van der Waals surface area contributed by atoms with E-state index in [9.17, 15) is 5.11 Å². The highest BCUT2D eigenvalue weighted by Crippen LogP contribution is 2.38. The van der Waals surface area contributed by atoms with Crippen LogP contribution < -0.4 is 5.73 Å². The molecule has 1 atom stereocenters. The molecule has 0 fully saturated rings. The molecule has 4 heteroatoms. The van der Waals surface area contributed by atoms with Crippen LogP contribution in [0.4, 0.5) is 5.82 Å². The van der Waals surface area contributed by atoms with Crippen molar-refractivity contribution in [1.29, 1.82) is 0 Å². The molecule has 0 radical (unpaired) electrons. The van der Waals surface area contributed by atoms with E-state index in [0.29, 0.717) is 12.2 Å². The molecule has 3 rings (SSSR count). The van der Waals surface area contributed by atoms with Gasteiger partial charge < -0.3 is 15.3 Å². The average molecular weight is 244 g/mol. The summed E-state index contributed by atoms with van der Waals surface area (Å²) in [5, 5.41) is 10.8. The molecule has 18 heavy (non-hydrogen) atoms. The zero-order valence-corrected chi connectivity index (χ0v) is 10.1. The van der Waals surface area contributed by atoms with Crippen LogP contribution in [0.25, 0.3) is 0 Å². The standard InChI is InChI=1S/C14H16N2O2/c15-13-10(3-2-7-16-13)9-14(17)6-1-4-12-11(14)5-8-18-12/h2-3,5,7-8,17H,1,4,6,9H2,(H2,15,16). The van der Waals surface area contributed by atoms with Gasteiger partial charge in [-0.25, -0.2) is 4.98 Å². The van der Waals surface area contributed by atoms with Gasteiger partial charge in [0.15, 0.2) is 0 Å². The number of nitrogen functional groups attached to an aromatic ring is 1. The third kappa shape index (κ3) is 1.78. The summed E-state index contributed by atoms with van der Waals surface area (Å²) in [7, 11) is 0. The Morgan fingerprint density at radius 3 is 3.17 bits per heavy atom. The summed E-state index contributed by atoms with van der Waals surface area (Å²) in [4.78, 5) is 4.06. The van der Waals surface area contributed by atoms with E-state index in [0.717, 1.165) is 36.1 Å². The number of aliphatic hydroxyl groups is 1. The van der Waals surface area contributed by atoms with Crippen molar-refractivity contribution in [2.45, 2.75) is 31.3 Å². The van der Waals surface area contributed by atoms with Crippen molar-refractivity contribution in [3.05, 3.63) is 47.5 Å². The Morgan fingerprint density at radius 1 is 1.44 bits per heavy atom. The second-order valence-electron chi connectivity index (χ2n) is 4.87. The molecule has 0 aliphatic heterocycles. The number of nitrogens with zero attached hydrogens (tertiary/aromatic N) is 1. The van der Waals surface area contributed by atoms with Gasteiger partial charge in [0.2, 0.25) is 0 Å². The molecule has 1 aliphatic rings. The van der Waals surface area contributed by atoms with Crippen molar-refractivity contribution in [2.75, 3.05) is 5.73 Å². The summed E-state index contributed by atoms with van der Waals surface area (Å²) in [5.41, 5.74) is 6.75. The van der Waals surface area contributed by atoms with Crippen LogP contribution in [-0.4, -0.2) is 10.1 Å². The third-order valence-electron chi connectivity index (χ3n) is 3.65. The predicted molar refractivity (Wildman–Crippen MR) is 67.9 cm³/mol. The average Bonchev–Trinajstić information content (AvgIpc) is 2.82. The van der Waals surface area contributed by atoms with Crippen molar-refractivity contribution in [1.82, 2.24) is 4.98 Å². The number of fused-ring (bicyclic) bond motifs is 1. The SMILES string of the molecule is Nc1ncccc1CC1(O)CCCc2occc21. The first-order valence-corrected chi connectivity index (χ1v) is 6.18. The van der Waals surface area contributed by atoms with Gasteiger partial charge in [-0.05, 0) is 30.5 Å². The molecule has 0 aromatic carbocycles. The first kappa shape index (κ1) is 11.3. The number of pyridine rings is 1. The molecule has 2 aromatic rings. The first-order valence-electron chi connectivity index (χ1n) is 6.18. The number of furan rings is 1. The summed E-state index contributed by atoms with van der Waals surface area (Å²) in [5.74, 6) is 1.38. The number of nitrogens with two attached hydrogens (primary N) is 1. The van der Waals surface area contributed by atoms with Gasteiger partial charge in [0.1, 0.15) is 11.6 Å². The van der Waals surface area contributed by atoms with Gasteiger partial charge in [-0.3, -0.25) is 0 Å². The largest absolute Gasteiger partial charge is 0.469 e. The van der Waals surface area contributed by atoms with E-state index in [1.54, 1.807) is 12.5 Å². The minimum atomic E-state index is -0.877. The fraction of sp³-hybridized carbons (Fsp3) is 0.357. The van der Waals surface area contributed by atoms with Crippen molar-refractivity contribution in [2.24, 2.45) is 0 Å². The van der Waals surface area contributed by atoms with Gasteiger partial charge in [-0.2, -0.15) is 0 Å². The van der Waals surface area contributed by atoms with Crippen molar-refractivity contribution >= 4 is 5.82 Å². The highest BCUT2D eigenvalue weighted by molar-refractivity contribution is 5.41. The fourth-order valence-corrected chi connectivity index (χ4v) is 2.72. The normalized spacial score (nSPS) is 22.7. The number of rotatable bonds is 2. The maximum absolute atomic E-state index is 10.8. The summed E-state index contributed by atoms with van der Waals surface area (Å²) < 4.78 is 5.41. The van der Waals surface area contributed by atoms with Gasteiger partial charge in [0.05, 0.1) is 11.9 Å². The van der Waals surface area contributed by atoms with E-state index in [4.69, 9.17) is 10.2 Å². The zero-order valence-electron chi connectivity index (χ0n) is 10.1. The lowest BCUT2D eigenvalue weighted by atomic mass is 9.79. The van der Waals surface area contributed by atoms with Crippen LogP contribution in [0.1, 0.15) is 29.7 Å². The Kier molecular flexibility index (Phi) is 2.59. The molecular weight excluding hydrogens is 228 g/mol. The van der Waals surface area contributed by atoms with Crippen LogP contribution >= 0.6 is 0 Å². The van der Waals surface area contributed by atoms with E-state index in [2.05, 4.69) is 4.98 Å². The second-order valence-corrected chi connectivity index (χ2v) is 4.87. The lowest BCUT2D eigenvalue weighted by Crippen LogP contribution is -2.32. The van der Waals surface area contributed by atoms with E-state index < -0.39 is 5.60 Å². The van der Waals surface area contributed by atoms with E-state index >= 15 is 0 Å². The monoisotopic (exact) mass is 244 g/mol. The molecular formula is C14H16N2O2. The fourth-order valence-electron chi connectivity index (χ4n) is 2.72. The Hall–Kier alpha value is -1.81. The Morgan fingerprint density at radius 2 is 2.33 bits per heavy atom. The molecule has 2 heterocycles. The molecule has 0 spiro atoms. The molecule has 0 saturated carbocycles. The molecule has 3 N–H and O–H groups in total. The summed E-state index contributed by atoms with van der Waals surface area (Å²) in [6.07, 6.45) is 6.35. The number of aryl methyl sites for hydroxylation is 1. The highest BCUT2D eigenvalue weighted by Gasteiger charge is 2.36. The number of anilines is 1. The quantitative estimate of drug-likeness (QED) is 0.847. The summed E-state index contributed by atoms with van der Waals surface area (Å²) >= 11 is 0. The van der Waals surface area contributed by atoms with Crippen molar-refractivity contribution < 1.29 is 9.52 Å². The van der Waals surface area contributed by atoms with Crippen LogP contribution in [0.2, 0.25) is 0 Å². The number of hydrogen-bond acceptors (Lipinski definition) is 4. The lowest BCUT2D eigenvalue weighted by Gasteiger charge is -2.32. The molecule has 1 unspecified atom stereocenters. The third-order valence-corrected chi connectivity index (χ3v) is 3.65. The predicted octanol–water partition coefficient (Wildman–Crippen LogP) is 2.02. The smallest absolute Gasteiger partial charge is 0.126 e. The summed E-state index contributed by atoms with van der Waals surface area (Å²) in [6.45, 7) is 0. The number of hydrogen-bond donors (Lipinski definition) is 2. The minimum Gasteiger partial charge on any atom is -0.469 e. The molecule has 94 valence electrons. The van der Waals surface area contributed by atoms with Gasteiger partial charge in [0.25, 0.3) is 0 Å². The van der Waals surface area contributed by atoms with Crippen LogP contribution in [0, 0.1) is 0 Å². The van der Waals surface area contributed by atoms with Crippen LogP contribution in [0.5, 0.6) is 0 Å². The van der Waals surface area contributed by atoms with Gasteiger partial charge in [0, 0.05) is 24.6 Å². The molecule has 2 aromatic heterocycles. The molecule has 1 aliphatic carbocycles. The Bertz CT molecular complexity index is 564. The number of aromatic nitrogens is 1. The van der Waals surface area contributed by atoms with Crippen LogP contribution in [0.15, 0.2) is 35.1 Å². The molecule has 0 amide bonds. The Balaban J connectivity index is 1.96. The topological polar surface area (TPSA) is 72.3 Å². The molecule has 4 nitrogen and oxygen atoms in total. The lowest BCUT2D eigenvalue weighted by molar-refractivity contribution is 0.0169. The maximum atomic E-state index is 10.8. The van der Waals surface area contributed by atoms with Crippen LogP contribution in [0.3, 0.4) is 0 Å². The van der Waals surface area contributed by atoms with Gasteiger partial charge in [-0.15, -0.1) is 0 Å². The minimum absolute atomic E-state index is 0.485. The van der Waals surface area contributed by atoms with E-state index in [1.807, 2.05) is 18.2 Å². The second kappa shape index (κ2) is 4.14. The van der Waals surface area contributed by atoms with Gasteiger partial charge >= 0.3 is 0 Å². The van der Waals surface area contributed by atoms with E-state index in [1.165, 1.54) is 0 Å². The maximum Gasteiger partial charge on any atom is 0.126 e. The van der Waals surface area contributed by atoms with Crippen molar-refractivity contribution in [3.63, 3.8) is 0 Å². The van der Waals surface area contributed by atoms with Crippen LogP contribution in [-0.2, 0) is 18.4 Å². The molecule has 0 saturated heterocycles. The van der Waals surface area contributed by atoms with Gasteiger partial charge in [-0.1, -0.05) is 6.07 Å². The summed E-state index contributed by atoms with van der Waals surface area (Å²) in [6, 6.07) is 5.61. The highest BCUT2D eigenvalue weighted by atomic mass is 16.3. The molecule has 0 bridgehead atoms. The zero-order chi connectivity index (χ0) is 12.6.